The molecule has 4 atom stereocenters. The van der Waals surface area contributed by atoms with E-state index in [1.165, 1.54) is 20.2 Å². The number of hydrogen-bond donors (Lipinski definition) is 1. The zero-order valence-electron chi connectivity index (χ0n) is 22.7. The molecule has 36 heavy (non-hydrogen) atoms. The van der Waals surface area contributed by atoms with E-state index in [9.17, 15) is 9.59 Å². The molecule has 2 rings (SSSR count). The summed E-state index contributed by atoms with van der Waals surface area (Å²) < 4.78 is 28.4. The smallest absolute Gasteiger partial charge is 0.305 e. The number of hydrogen-bond acceptors (Lipinski definition) is 8. The predicted octanol–water partition coefficient (Wildman–Crippen LogP) is 4.87. The van der Waals surface area contributed by atoms with Gasteiger partial charge >= 0.3 is 5.97 Å². The van der Waals surface area contributed by atoms with Crippen LogP contribution in [0.4, 0.5) is 0 Å². The molecule has 9 heteroatoms. The highest BCUT2D eigenvalue weighted by molar-refractivity contribution is 5.96. The van der Waals surface area contributed by atoms with Gasteiger partial charge < -0.3 is 29.0 Å². The quantitative estimate of drug-likeness (QED) is 0.315. The summed E-state index contributed by atoms with van der Waals surface area (Å²) in [5.41, 5.74) is 0.0403. The van der Waals surface area contributed by atoms with Crippen molar-refractivity contribution in [2.45, 2.75) is 98.0 Å². The van der Waals surface area contributed by atoms with Gasteiger partial charge in [0.25, 0.3) is 5.91 Å². The lowest BCUT2D eigenvalue weighted by Gasteiger charge is -2.32. The predicted molar refractivity (Wildman–Crippen MR) is 136 cm³/mol. The number of amides is 1. The number of methoxy groups -OCH3 is 1. The molecule has 1 amide bonds. The van der Waals surface area contributed by atoms with Crippen LogP contribution in [0.1, 0.15) is 90.1 Å². The van der Waals surface area contributed by atoms with Gasteiger partial charge in [-0.2, -0.15) is 0 Å². The number of ether oxygens (including phenoxy) is 5. The maximum atomic E-state index is 13.4. The van der Waals surface area contributed by atoms with E-state index in [-0.39, 0.29) is 30.4 Å². The molecule has 1 fully saturated rings. The molecule has 1 aromatic rings. The van der Waals surface area contributed by atoms with Gasteiger partial charge in [-0.25, -0.2) is 4.98 Å². The fraction of sp³-hybridized carbons (Fsp3) is 0.741. The van der Waals surface area contributed by atoms with Gasteiger partial charge in [-0.1, -0.05) is 40.0 Å². The van der Waals surface area contributed by atoms with Gasteiger partial charge in [0.15, 0.2) is 23.5 Å². The van der Waals surface area contributed by atoms with Crippen LogP contribution >= 0.6 is 0 Å². The zero-order chi connectivity index (χ0) is 26.5. The number of aromatic nitrogens is 1. The standard InChI is InChI=1S/C27H44N2O7/c1-7-16-33-27-22(11-9-8-10-21(19(4)36-27)13-12-18(2)3)29-26(31)24-25(35-17-34-20(5)30)23(32-6)14-15-28-24/h14-15,18-19,21-22,27H,7-13,16-17H2,1-6H3,(H,29,31)/t19-,21-,22-,27-/m0/s1. The first-order chi connectivity index (χ1) is 17.3. The molecule has 1 saturated heterocycles. The SMILES string of the molecule is CCCO[C@H]1O[C@@H](C)[C@H](CCC(C)C)CCCC[C@@H]1NC(=O)c1nccc(OC)c1OCOC(C)=O. The van der Waals surface area contributed by atoms with E-state index in [2.05, 4.69) is 31.1 Å². The van der Waals surface area contributed by atoms with Crippen molar-refractivity contribution in [3.63, 3.8) is 0 Å². The number of nitrogens with one attached hydrogen (secondary N) is 1. The lowest BCUT2D eigenvalue weighted by Crippen LogP contribution is -2.47. The van der Waals surface area contributed by atoms with Gasteiger partial charge in [0.05, 0.1) is 19.3 Å². The summed E-state index contributed by atoms with van der Waals surface area (Å²) in [5, 5.41) is 3.07. The summed E-state index contributed by atoms with van der Waals surface area (Å²) in [6.45, 7) is 10.1. The molecule has 0 saturated carbocycles. The van der Waals surface area contributed by atoms with Crippen molar-refractivity contribution in [2.75, 3.05) is 20.5 Å². The Morgan fingerprint density at radius 1 is 1.25 bits per heavy atom. The van der Waals surface area contributed by atoms with Crippen LogP contribution in [-0.4, -0.2) is 55.8 Å². The van der Waals surface area contributed by atoms with E-state index in [0.717, 1.165) is 44.9 Å². The third-order valence-corrected chi connectivity index (χ3v) is 6.37. The number of rotatable bonds is 12. The van der Waals surface area contributed by atoms with Gasteiger partial charge in [0.2, 0.25) is 6.79 Å². The summed E-state index contributed by atoms with van der Waals surface area (Å²) in [7, 11) is 1.47. The Hall–Kier alpha value is -2.39. The first kappa shape index (κ1) is 29.8. The molecule has 0 bridgehead atoms. The van der Waals surface area contributed by atoms with Crippen molar-refractivity contribution >= 4 is 11.9 Å². The fourth-order valence-electron chi connectivity index (χ4n) is 4.32. The molecule has 2 heterocycles. The van der Waals surface area contributed by atoms with E-state index < -0.39 is 18.2 Å². The Balaban J connectivity index is 2.22. The van der Waals surface area contributed by atoms with Crippen LogP contribution in [0.3, 0.4) is 0 Å². The molecule has 0 radical (unpaired) electrons. The molecule has 1 aromatic heterocycles. The Kier molecular flexibility index (Phi) is 13.0. The third-order valence-electron chi connectivity index (χ3n) is 6.37. The topological polar surface area (TPSA) is 105 Å². The van der Waals surface area contributed by atoms with Crippen molar-refractivity contribution in [2.24, 2.45) is 11.8 Å². The van der Waals surface area contributed by atoms with Crippen LogP contribution in [0.15, 0.2) is 12.3 Å². The first-order valence-electron chi connectivity index (χ1n) is 13.1. The van der Waals surface area contributed by atoms with Gasteiger partial charge in [-0.3, -0.25) is 9.59 Å². The molecular weight excluding hydrogens is 464 g/mol. The Labute approximate surface area is 215 Å². The molecule has 1 aliphatic heterocycles. The van der Waals surface area contributed by atoms with Crippen LogP contribution in [0.2, 0.25) is 0 Å². The van der Waals surface area contributed by atoms with Gasteiger partial charge in [0.1, 0.15) is 0 Å². The summed E-state index contributed by atoms with van der Waals surface area (Å²) >= 11 is 0. The van der Waals surface area contributed by atoms with Gasteiger partial charge in [-0.05, 0) is 44.4 Å². The average molecular weight is 509 g/mol. The number of esters is 1. The van der Waals surface area contributed by atoms with E-state index in [4.69, 9.17) is 23.7 Å². The highest BCUT2D eigenvalue weighted by atomic mass is 16.7. The summed E-state index contributed by atoms with van der Waals surface area (Å²) in [6.07, 6.45) is 7.88. The fourth-order valence-corrected chi connectivity index (χ4v) is 4.32. The molecule has 0 spiro atoms. The summed E-state index contributed by atoms with van der Waals surface area (Å²) in [4.78, 5) is 28.8. The minimum Gasteiger partial charge on any atom is -0.493 e. The van der Waals surface area contributed by atoms with Crippen LogP contribution in [0.5, 0.6) is 11.5 Å². The maximum absolute atomic E-state index is 13.4. The number of carbonyl (C=O) groups excluding carboxylic acids is 2. The summed E-state index contributed by atoms with van der Waals surface area (Å²) in [6, 6.07) is 1.22. The van der Waals surface area contributed by atoms with Crippen LogP contribution in [0, 0.1) is 11.8 Å². The Morgan fingerprint density at radius 2 is 2.00 bits per heavy atom. The third kappa shape index (κ3) is 9.58. The van der Waals surface area contributed by atoms with Crippen molar-refractivity contribution < 1.29 is 33.3 Å². The van der Waals surface area contributed by atoms with E-state index >= 15 is 0 Å². The van der Waals surface area contributed by atoms with Crippen molar-refractivity contribution in [3.05, 3.63) is 18.0 Å². The van der Waals surface area contributed by atoms with Gasteiger partial charge in [-0.15, -0.1) is 0 Å². The molecule has 0 aliphatic carbocycles. The van der Waals surface area contributed by atoms with Crippen LogP contribution < -0.4 is 14.8 Å². The Morgan fingerprint density at radius 3 is 2.67 bits per heavy atom. The first-order valence-corrected chi connectivity index (χ1v) is 13.1. The highest BCUT2D eigenvalue weighted by Gasteiger charge is 2.32. The molecule has 9 nitrogen and oxygen atoms in total. The maximum Gasteiger partial charge on any atom is 0.305 e. The molecule has 1 N–H and O–H groups in total. The molecule has 0 unspecified atom stereocenters. The second-order valence-corrected chi connectivity index (χ2v) is 9.77. The lowest BCUT2D eigenvalue weighted by atomic mass is 9.89. The summed E-state index contributed by atoms with van der Waals surface area (Å²) in [5.74, 6) is 0.592. The largest absolute Gasteiger partial charge is 0.493 e. The monoisotopic (exact) mass is 508 g/mol. The highest BCUT2D eigenvalue weighted by Crippen LogP contribution is 2.31. The second kappa shape index (κ2) is 15.7. The molecular formula is C27H44N2O7. The molecule has 1 aliphatic rings. The number of pyridine rings is 1. The minimum atomic E-state index is -0.570. The number of nitrogens with zero attached hydrogens (tertiary/aromatic N) is 1. The van der Waals surface area contributed by atoms with Crippen molar-refractivity contribution in [1.29, 1.82) is 0 Å². The molecule has 0 aromatic carbocycles. The van der Waals surface area contributed by atoms with E-state index in [0.29, 0.717) is 24.2 Å². The van der Waals surface area contributed by atoms with Crippen molar-refractivity contribution in [3.8, 4) is 11.5 Å². The Bertz CT molecular complexity index is 817. The van der Waals surface area contributed by atoms with Crippen LogP contribution in [0.25, 0.3) is 0 Å². The molecule has 204 valence electrons. The van der Waals surface area contributed by atoms with E-state index in [1.807, 2.05) is 6.92 Å². The minimum absolute atomic E-state index is 0.0145. The van der Waals surface area contributed by atoms with E-state index in [1.54, 1.807) is 6.07 Å². The normalized spacial score (nSPS) is 22.8. The van der Waals surface area contributed by atoms with Crippen molar-refractivity contribution in [1.82, 2.24) is 10.3 Å². The second-order valence-electron chi connectivity index (χ2n) is 9.77. The van der Waals surface area contributed by atoms with Gasteiger partial charge in [0, 0.05) is 25.8 Å². The van der Waals surface area contributed by atoms with Crippen LogP contribution in [-0.2, 0) is 19.0 Å². The number of carbonyl (C=O) groups is 2. The lowest BCUT2D eigenvalue weighted by molar-refractivity contribution is -0.191. The zero-order valence-corrected chi connectivity index (χ0v) is 22.7. The average Bonchev–Trinajstić information content (AvgIpc) is 2.90.